The number of amides is 1. The van der Waals surface area contributed by atoms with Crippen molar-refractivity contribution in [3.63, 3.8) is 0 Å². The van der Waals surface area contributed by atoms with Gasteiger partial charge < -0.3 is 5.32 Å². The predicted octanol–water partition coefficient (Wildman–Crippen LogP) is 4.77. The number of hydrogen-bond donors (Lipinski definition) is 1. The third-order valence-electron chi connectivity index (χ3n) is 4.83. The summed E-state index contributed by atoms with van der Waals surface area (Å²) in [5.74, 6) is -0.0110. The molecule has 2 rings (SSSR count). The highest BCUT2D eigenvalue weighted by molar-refractivity contribution is 7.92. The molecule has 0 unspecified atom stereocenters. The first-order chi connectivity index (χ1) is 12.8. The summed E-state index contributed by atoms with van der Waals surface area (Å²) >= 11 is 11.9. The molecular weight excluding hydrogens is 407 g/mol. The van der Waals surface area contributed by atoms with Crippen molar-refractivity contribution >= 4 is 44.8 Å². The van der Waals surface area contributed by atoms with Crippen molar-refractivity contribution in [2.45, 2.75) is 63.8 Å². The highest BCUT2D eigenvalue weighted by Gasteiger charge is 2.19. The Hall–Kier alpha value is -0.980. The fourth-order valence-electron chi connectivity index (χ4n) is 3.41. The second-order valence-corrected chi connectivity index (χ2v) is 9.87. The number of anilines is 1. The number of carbonyl (C=O) groups excluding carboxylic acids is 1. The predicted molar refractivity (Wildman–Crippen MR) is 112 cm³/mol. The van der Waals surface area contributed by atoms with Crippen molar-refractivity contribution < 1.29 is 13.2 Å². The van der Waals surface area contributed by atoms with Crippen LogP contribution in [0.25, 0.3) is 0 Å². The van der Waals surface area contributed by atoms with Gasteiger partial charge in [-0.3, -0.25) is 9.10 Å². The van der Waals surface area contributed by atoms with Gasteiger partial charge in [0.1, 0.15) is 0 Å². The molecule has 1 saturated carbocycles. The standard InChI is InChI=1S/C19H28Cl2N2O3S/c1-27(25,26)23(16-11-12-17(20)18(21)14-16)13-7-10-19(24)22-15-8-5-3-2-4-6-9-15/h11-12,14-15H,2-10,13H2,1H3,(H,22,24). The van der Waals surface area contributed by atoms with Gasteiger partial charge in [-0.1, -0.05) is 55.3 Å². The molecule has 27 heavy (non-hydrogen) atoms. The number of halogens is 2. The van der Waals surface area contributed by atoms with Crippen LogP contribution in [0.3, 0.4) is 0 Å². The Balaban J connectivity index is 1.89. The van der Waals surface area contributed by atoms with Gasteiger partial charge in [0.05, 0.1) is 22.0 Å². The summed E-state index contributed by atoms with van der Waals surface area (Å²) in [4.78, 5) is 12.3. The number of benzene rings is 1. The normalized spacial score (nSPS) is 16.4. The van der Waals surface area contributed by atoms with Gasteiger partial charge in [-0.2, -0.15) is 0 Å². The number of hydrogen-bond acceptors (Lipinski definition) is 3. The van der Waals surface area contributed by atoms with Crippen molar-refractivity contribution in [1.82, 2.24) is 5.32 Å². The Bertz CT molecular complexity index is 732. The topological polar surface area (TPSA) is 66.5 Å². The van der Waals surface area contributed by atoms with Crippen LogP contribution in [0.1, 0.15) is 57.8 Å². The van der Waals surface area contributed by atoms with Crippen LogP contribution in [-0.2, 0) is 14.8 Å². The number of sulfonamides is 1. The van der Waals surface area contributed by atoms with E-state index in [0.29, 0.717) is 28.6 Å². The van der Waals surface area contributed by atoms with Crippen molar-refractivity contribution in [2.24, 2.45) is 0 Å². The minimum atomic E-state index is -3.48. The first-order valence-corrected chi connectivity index (χ1v) is 12.1. The second kappa shape index (κ2) is 10.5. The molecule has 1 aliphatic carbocycles. The quantitative estimate of drug-likeness (QED) is 0.671. The molecule has 5 nitrogen and oxygen atoms in total. The van der Waals surface area contributed by atoms with Gasteiger partial charge in [0.15, 0.2) is 0 Å². The molecule has 0 saturated heterocycles. The molecule has 0 radical (unpaired) electrons. The van der Waals surface area contributed by atoms with E-state index in [9.17, 15) is 13.2 Å². The monoisotopic (exact) mass is 434 g/mol. The van der Waals surface area contributed by atoms with Gasteiger partial charge in [0, 0.05) is 19.0 Å². The zero-order valence-electron chi connectivity index (χ0n) is 15.7. The van der Waals surface area contributed by atoms with Gasteiger partial charge in [0.25, 0.3) is 0 Å². The summed E-state index contributed by atoms with van der Waals surface area (Å²) in [7, 11) is -3.48. The molecule has 1 amide bonds. The maximum absolute atomic E-state index is 12.3. The van der Waals surface area contributed by atoms with Gasteiger partial charge in [-0.05, 0) is 37.5 Å². The Kier molecular flexibility index (Phi) is 8.70. The van der Waals surface area contributed by atoms with Crippen LogP contribution in [0, 0.1) is 0 Å². The largest absolute Gasteiger partial charge is 0.353 e. The van der Waals surface area contributed by atoms with Gasteiger partial charge >= 0.3 is 0 Å². The Labute approximate surface area is 172 Å². The molecule has 1 aromatic rings. The molecule has 0 aliphatic heterocycles. The lowest BCUT2D eigenvalue weighted by atomic mass is 9.96. The van der Waals surface area contributed by atoms with Crippen molar-refractivity contribution in [1.29, 1.82) is 0 Å². The zero-order chi connectivity index (χ0) is 19.9. The summed E-state index contributed by atoms with van der Waals surface area (Å²) in [5.41, 5.74) is 0.451. The van der Waals surface area contributed by atoms with E-state index >= 15 is 0 Å². The van der Waals surface area contributed by atoms with Gasteiger partial charge in [-0.15, -0.1) is 0 Å². The van der Waals surface area contributed by atoms with E-state index < -0.39 is 10.0 Å². The first kappa shape index (κ1) is 22.3. The summed E-state index contributed by atoms with van der Waals surface area (Å²) in [6.07, 6.45) is 10.0. The fourth-order valence-corrected chi connectivity index (χ4v) is 4.66. The molecule has 0 bridgehead atoms. The van der Waals surface area contributed by atoms with Gasteiger partial charge in [0.2, 0.25) is 15.9 Å². The minimum Gasteiger partial charge on any atom is -0.353 e. The highest BCUT2D eigenvalue weighted by Crippen LogP contribution is 2.28. The summed E-state index contributed by atoms with van der Waals surface area (Å²) in [5, 5.41) is 3.77. The fraction of sp³-hybridized carbons (Fsp3) is 0.632. The average molecular weight is 435 g/mol. The Morgan fingerprint density at radius 2 is 1.74 bits per heavy atom. The lowest BCUT2D eigenvalue weighted by Crippen LogP contribution is -2.36. The average Bonchev–Trinajstić information content (AvgIpc) is 2.55. The SMILES string of the molecule is CS(=O)(=O)N(CCCC(=O)NC1CCCCCCC1)c1ccc(Cl)c(Cl)c1. The molecule has 0 heterocycles. The second-order valence-electron chi connectivity index (χ2n) is 7.15. The summed E-state index contributed by atoms with van der Waals surface area (Å²) < 4.78 is 25.5. The van der Waals surface area contributed by atoms with Crippen LogP contribution in [-0.4, -0.2) is 33.2 Å². The minimum absolute atomic E-state index is 0.0110. The molecule has 8 heteroatoms. The molecule has 152 valence electrons. The molecule has 0 atom stereocenters. The van der Waals surface area contributed by atoms with E-state index in [1.54, 1.807) is 12.1 Å². The third-order valence-corrected chi connectivity index (χ3v) is 6.76. The van der Waals surface area contributed by atoms with Crippen LogP contribution >= 0.6 is 23.2 Å². The Morgan fingerprint density at radius 1 is 1.11 bits per heavy atom. The van der Waals surface area contributed by atoms with Crippen LogP contribution in [0.5, 0.6) is 0 Å². The van der Waals surface area contributed by atoms with E-state index in [-0.39, 0.29) is 18.5 Å². The molecule has 1 N–H and O–H groups in total. The Morgan fingerprint density at radius 3 is 2.33 bits per heavy atom. The van der Waals surface area contributed by atoms with E-state index in [4.69, 9.17) is 23.2 Å². The van der Waals surface area contributed by atoms with Crippen molar-refractivity contribution in [3.05, 3.63) is 28.2 Å². The zero-order valence-corrected chi connectivity index (χ0v) is 18.0. The maximum Gasteiger partial charge on any atom is 0.232 e. The van der Waals surface area contributed by atoms with Crippen LogP contribution < -0.4 is 9.62 Å². The van der Waals surface area contributed by atoms with Crippen molar-refractivity contribution in [2.75, 3.05) is 17.1 Å². The number of rotatable bonds is 7. The number of nitrogens with one attached hydrogen (secondary N) is 1. The third kappa shape index (κ3) is 7.51. The smallest absolute Gasteiger partial charge is 0.232 e. The van der Waals surface area contributed by atoms with E-state index in [1.807, 2.05) is 0 Å². The van der Waals surface area contributed by atoms with Gasteiger partial charge in [-0.25, -0.2) is 8.42 Å². The molecule has 0 aromatic heterocycles. The van der Waals surface area contributed by atoms with E-state index in [1.165, 1.54) is 29.6 Å². The summed E-state index contributed by atoms with van der Waals surface area (Å²) in [6.45, 7) is 0.217. The van der Waals surface area contributed by atoms with E-state index in [2.05, 4.69) is 5.32 Å². The van der Waals surface area contributed by atoms with Crippen LogP contribution in [0.15, 0.2) is 18.2 Å². The molecule has 0 spiro atoms. The van der Waals surface area contributed by atoms with Crippen LogP contribution in [0.4, 0.5) is 5.69 Å². The van der Waals surface area contributed by atoms with Crippen LogP contribution in [0.2, 0.25) is 10.0 Å². The summed E-state index contributed by atoms with van der Waals surface area (Å²) in [6, 6.07) is 4.96. The molecule has 1 aliphatic rings. The number of nitrogens with zero attached hydrogens (tertiary/aromatic N) is 1. The lowest BCUT2D eigenvalue weighted by Gasteiger charge is -2.23. The van der Waals surface area contributed by atoms with E-state index in [0.717, 1.165) is 31.9 Å². The van der Waals surface area contributed by atoms with Crippen molar-refractivity contribution in [3.8, 4) is 0 Å². The molecule has 1 fully saturated rings. The molecular formula is C19H28Cl2N2O3S. The first-order valence-electron chi connectivity index (χ1n) is 9.49. The number of carbonyl (C=O) groups is 1. The molecule has 1 aromatic carbocycles. The maximum atomic E-state index is 12.3. The highest BCUT2D eigenvalue weighted by atomic mass is 35.5. The lowest BCUT2D eigenvalue weighted by molar-refractivity contribution is -0.122.